The van der Waals surface area contributed by atoms with Crippen molar-refractivity contribution in [3.05, 3.63) is 102 Å². The first kappa shape index (κ1) is 32.5. The van der Waals surface area contributed by atoms with Gasteiger partial charge in [0, 0.05) is 57.2 Å². The van der Waals surface area contributed by atoms with Crippen molar-refractivity contribution in [2.45, 2.75) is 13.0 Å². The molecule has 3 aromatic carbocycles. The number of nitrogens with one attached hydrogen (secondary N) is 1. The number of ether oxygens (including phenoxy) is 2. The topological polar surface area (TPSA) is 113 Å². The fourth-order valence-corrected chi connectivity index (χ4v) is 5.59. The van der Waals surface area contributed by atoms with Crippen molar-refractivity contribution in [1.29, 1.82) is 0 Å². The lowest BCUT2D eigenvalue weighted by Gasteiger charge is -2.35. The lowest BCUT2D eigenvalue weighted by atomic mass is 10.0. The molecule has 0 saturated carbocycles. The minimum Gasteiger partial charge on any atom is -0.493 e. The number of likely N-dealkylation sites (N-methyl/N-ethyl adjacent to an activating group) is 1. The molecule has 2 heterocycles. The van der Waals surface area contributed by atoms with Gasteiger partial charge in [-0.15, -0.1) is 0 Å². The summed E-state index contributed by atoms with van der Waals surface area (Å²) in [5, 5.41) is 3.18. The minimum absolute atomic E-state index is 0.0800. The van der Waals surface area contributed by atoms with E-state index in [0.717, 1.165) is 54.2 Å². The maximum Gasteiger partial charge on any atom is 0.255 e. The summed E-state index contributed by atoms with van der Waals surface area (Å²) >= 11 is 0. The summed E-state index contributed by atoms with van der Waals surface area (Å²) in [7, 11) is 5.24. The number of anilines is 2. The fourth-order valence-electron chi connectivity index (χ4n) is 5.59. The number of nitrogens with two attached hydrogens (primary N) is 1. The maximum absolute atomic E-state index is 13.6. The van der Waals surface area contributed by atoms with Crippen molar-refractivity contribution < 1.29 is 19.1 Å². The van der Waals surface area contributed by atoms with Crippen molar-refractivity contribution in [2.75, 3.05) is 70.8 Å². The van der Waals surface area contributed by atoms with Crippen LogP contribution in [0.1, 0.15) is 32.7 Å². The van der Waals surface area contributed by atoms with E-state index in [1.54, 1.807) is 56.9 Å². The minimum atomic E-state index is -0.244. The Morgan fingerprint density at radius 3 is 2.39 bits per heavy atom. The van der Waals surface area contributed by atoms with Gasteiger partial charge in [0.2, 0.25) is 0 Å². The largest absolute Gasteiger partial charge is 0.493 e. The highest BCUT2D eigenvalue weighted by Gasteiger charge is 2.21. The van der Waals surface area contributed by atoms with E-state index in [2.05, 4.69) is 45.3 Å². The second-order valence-electron chi connectivity index (χ2n) is 11.4. The summed E-state index contributed by atoms with van der Waals surface area (Å²) in [6.45, 7) is 5.05. The molecule has 1 fully saturated rings. The summed E-state index contributed by atoms with van der Waals surface area (Å²) in [5.74, 6) is 0.723. The zero-order valence-corrected chi connectivity index (χ0v) is 26.7. The Balaban J connectivity index is 1.44. The Morgan fingerprint density at radius 1 is 0.891 bits per heavy atom. The molecule has 10 nitrogen and oxygen atoms in total. The zero-order chi connectivity index (χ0) is 32.5. The number of benzene rings is 3. The van der Waals surface area contributed by atoms with Gasteiger partial charge in [0.15, 0.2) is 11.5 Å². The third-order valence-corrected chi connectivity index (χ3v) is 8.20. The summed E-state index contributed by atoms with van der Waals surface area (Å²) in [6, 6.07) is 23.0. The first-order valence-electron chi connectivity index (χ1n) is 15.5. The summed E-state index contributed by atoms with van der Waals surface area (Å²) in [5.41, 5.74) is 11.4. The summed E-state index contributed by atoms with van der Waals surface area (Å²) < 4.78 is 10.8. The van der Waals surface area contributed by atoms with E-state index in [1.165, 1.54) is 0 Å². The van der Waals surface area contributed by atoms with Crippen molar-refractivity contribution in [1.82, 2.24) is 14.8 Å². The van der Waals surface area contributed by atoms with Gasteiger partial charge in [-0.1, -0.05) is 24.3 Å². The van der Waals surface area contributed by atoms with Crippen LogP contribution in [0.5, 0.6) is 11.5 Å². The molecule has 0 bridgehead atoms. The standard InChI is InChI=1S/C36H42N6O4/c1-40-17-19-41(20-18-40)32-12-10-28(22-31(32)39-35(43)29-11-13-33(45-2)34(23-29)46-3)27-8-4-7-26(21-27)25-42(16-6-14-37)36(44)30-9-5-15-38-24-30/h4-5,7-13,15,21-24H,6,14,16-20,25,37H2,1-3H3,(H,39,43). The highest BCUT2D eigenvalue weighted by atomic mass is 16.5. The Kier molecular flexibility index (Phi) is 10.9. The smallest absolute Gasteiger partial charge is 0.255 e. The van der Waals surface area contributed by atoms with Crippen LogP contribution in [-0.4, -0.2) is 87.1 Å². The molecule has 5 rings (SSSR count). The molecule has 1 aliphatic rings. The van der Waals surface area contributed by atoms with E-state index in [0.29, 0.717) is 48.7 Å². The van der Waals surface area contributed by atoms with Gasteiger partial charge in [0.25, 0.3) is 11.8 Å². The number of carbonyl (C=O) groups is 2. The van der Waals surface area contributed by atoms with Crippen molar-refractivity contribution in [3.63, 3.8) is 0 Å². The molecule has 1 saturated heterocycles. The van der Waals surface area contributed by atoms with Gasteiger partial charge >= 0.3 is 0 Å². The molecular formula is C36H42N6O4. The number of nitrogens with zero attached hydrogens (tertiary/aromatic N) is 4. The van der Waals surface area contributed by atoms with Gasteiger partial charge < -0.3 is 35.2 Å². The van der Waals surface area contributed by atoms with E-state index in [4.69, 9.17) is 15.2 Å². The van der Waals surface area contributed by atoms with Gasteiger partial charge in [0.1, 0.15) is 0 Å². The molecule has 0 radical (unpaired) electrons. The van der Waals surface area contributed by atoms with Crippen LogP contribution in [0, 0.1) is 0 Å². The predicted octanol–water partition coefficient (Wildman–Crippen LogP) is 4.76. The van der Waals surface area contributed by atoms with Crippen LogP contribution in [0.3, 0.4) is 0 Å². The second kappa shape index (κ2) is 15.4. The van der Waals surface area contributed by atoms with Gasteiger partial charge in [0.05, 0.1) is 31.2 Å². The second-order valence-corrected chi connectivity index (χ2v) is 11.4. The molecule has 4 aromatic rings. The third-order valence-electron chi connectivity index (χ3n) is 8.20. The number of methoxy groups -OCH3 is 2. The Labute approximate surface area is 270 Å². The summed E-state index contributed by atoms with van der Waals surface area (Å²) in [4.78, 5) is 37.5. The lowest BCUT2D eigenvalue weighted by molar-refractivity contribution is 0.0741. The maximum atomic E-state index is 13.6. The Hall–Kier alpha value is -4.93. The monoisotopic (exact) mass is 622 g/mol. The number of hydrogen-bond acceptors (Lipinski definition) is 8. The molecule has 240 valence electrons. The number of hydrogen-bond donors (Lipinski definition) is 2. The van der Waals surface area contributed by atoms with Crippen LogP contribution in [0.25, 0.3) is 11.1 Å². The normalized spacial score (nSPS) is 13.3. The van der Waals surface area contributed by atoms with Crippen molar-refractivity contribution >= 4 is 23.2 Å². The SMILES string of the molecule is COc1ccc(C(=O)Nc2cc(-c3cccc(CN(CCCN)C(=O)c4cccnc4)c3)ccc2N2CCN(C)CC2)cc1OC. The number of amides is 2. The molecule has 10 heteroatoms. The predicted molar refractivity (Wildman–Crippen MR) is 182 cm³/mol. The average Bonchev–Trinajstić information content (AvgIpc) is 3.10. The fraction of sp³-hybridized carbons (Fsp3) is 0.306. The van der Waals surface area contributed by atoms with Crippen molar-refractivity contribution in [2.24, 2.45) is 5.73 Å². The van der Waals surface area contributed by atoms with E-state index >= 15 is 0 Å². The molecular weight excluding hydrogens is 580 g/mol. The first-order chi connectivity index (χ1) is 22.4. The van der Waals surface area contributed by atoms with E-state index < -0.39 is 0 Å². The average molecular weight is 623 g/mol. The number of rotatable bonds is 12. The third kappa shape index (κ3) is 7.82. The van der Waals surface area contributed by atoms with Gasteiger partial charge in [-0.2, -0.15) is 0 Å². The quantitative estimate of drug-likeness (QED) is 0.233. The molecule has 1 aliphatic heterocycles. The van der Waals surface area contributed by atoms with E-state index in [9.17, 15) is 9.59 Å². The molecule has 0 aliphatic carbocycles. The van der Waals surface area contributed by atoms with Crippen molar-refractivity contribution in [3.8, 4) is 22.6 Å². The van der Waals surface area contributed by atoms with E-state index in [-0.39, 0.29) is 11.8 Å². The molecule has 1 aromatic heterocycles. The van der Waals surface area contributed by atoms with Crippen LogP contribution >= 0.6 is 0 Å². The van der Waals surface area contributed by atoms with Gasteiger partial charge in [-0.05, 0) is 85.2 Å². The first-order valence-corrected chi connectivity index (χ1v) is 15.5. The number of pyridine rings is 1. The highest BCUT2D eigenvalue weighted by molar-refractivity contribution is 6.06. The van der Waals surface area contributed by atoms with Gasteiger partial charge in [-0.25, -0.2) is 0 Å². The summed E-state index contributed by atoms with van der Waals surface area (Å²) in [6.07, 6.45) is 3.94. The van der Waals surface area contributed by atoms with Crippen LogP contribution in [0.2, 0.25) is 0 Å². The molecule has 0 unspecified atom stereocenters. The van der Waals surface area contributed by atoms with Crippen LogP contribution in [0.4, 0.5) is 11.4 Å². The van der Waals surface area contributed by atoms with Crippen LogP contribution < -0.4 is 25.4 Å². The number of carbonyl (C=O) groups excluding carboxylic acids is 2. The van der Waals surface area contributed by atoms with Crippen LogP contribution in [0.15, 0.2) is 85.2 Å². The Morgan fingerprint density at radius 2 is 1.67 bits per heavy atom. The van der Waals surface area contributed by atoms with E-state index in [1.807, 2.05) is 29.2 Å². The molecule has 0 spiro atoms. The Bertz CT molecular complexity index is 1640. The lowest BCUT2D eigenvalue weighted by Crippen LogP contribution is -2.44. The number of piperazine rings is 1. The molecule has 0 atom stereocenters. The zero-order valence-electron chi connectivity index (χ0n) is 26.7. The van der Waals surface area contributed by atoms with Crippen LogP contribution in [-0.2, 0) is 6.54 Å². The highest BCUT2D eigenvalue weighted by Crippen LogP contribution is 2.34. The number of aromatic nitrogens is 1. The molecule has 2 amide bonds. The van der Waals surface area contributed by atoms with Gasteiger partial charge in [-0.3, -0.25) is 14.6 Å². The molecule has 3 N–H and O–H groups in total. The molecule has 46 heavy (non-hydrogen) atoms.